The monoisotopic (exact) mass is 385 g/mol. The van der Waals surface area contributed by atoms with Crippen LogP contribution in [0.5, 0.6) is 0 Å². The van der Waals surface area contributed by atoms with Gasteiger partial charge in [0.05, 0.1) is 0 Å². The van der Waals surface area contributed by atoms with E-state index in [0.29, 0.717) is 0 Å². The summed E-state index contributed by atoms with van der Waals surface area (Å²) in [6.45, 7) is 13.0. The molecular weight excluding hydrogens is 364 g/mol. The van der Waals surface area contributed by atoms with Gasteiger partial charge in [0, 0.05) is 46.0 Å². The molecule has 0 saturated carbocycles. The largest absolute Gasteiger partial charge is 0.0715 e. The maximum absolute atomic E-state index is 2.61. The molecule has 0 aromatic carbocycles. The first kappa shape index (κ1) is 13.3. The first-order valence-electron chi connectivity index (χ1n) is 4.62. The molecule has 0 atom stereocenters. The Morgan fingerprint density at radius 2 is 1.25 bits per heavy atom. The molecule has 0 spiro atoms. The van der Waals surface area contributed by atoms with Crippen molar-refractivity contribution in [3.63, 3.8) is 0 Å². The Balaban J connectivity index is 0.00000121. The molecule has 1 radical (unpaired) electrons. The first-order valence-corrected chi connectivity index (χ1v) is 13.9. The van der Waals surface area contributed by atoms with E-state index < -0.39 is 16.1 Å². The van der Waals surface area contributed by atoms with E-state index in [2.05, 4.69) is 32.7 Å². The van der Waals surface area contributed by atoms with Crippen LogP contribution in [0, 0.1) is 0 Å². The molecule has 0 aromatic heterocycles. The summed E-state index contributed by atoms with van der Waals surface area (Å²) in [5.74, 6) is 0. The molecule has 1 aliphatic rings. The van der Waals surface area contributed by atoms with Gasteiger partial charge >= 0.3 is 0 Å². The van der Waals surface area contributed by atoms with Gasteiger partial charge in [-0.3, -0.25) is 0 Å². The topological polar surface area (TPSA) is 0 Å². The van der Waals surface area contributed by atoms with Crippen LogP contribution in [0.15, 0.2) is 0 Å². The van der Waals surface area contributed by atoms with E-state index in [1.807, 2.05) is 0 Å². The third kappa shape index (κ3) is 4.03. The van der Waals surface area contributed by atoms with Gasteiger partial charge in [0.1, 0.15) is 0 Å². The fraction of sp³-hybridized carbons (Fsp3) is 1.00. The van der Waals surface area contributed by atoms with Gasteiger partial charge in [0.15, 0.2) is 0 Å². The van der Waals surface area contributed by atoms with Crippen molar-refractivity contribution in [3.8, 4) is 0 Å². The van der Waals surface area contributed by atoms with Gasteiger partial charge in [-0.15, -0.1) is 0 Å². The molecule has 0 unspecified atom stereocenters. The maximum Gasteiger partial charge on any atom is 0.0419 e. The normalized spacial score (nSPS) is 27.8. The standard InChI is InChI=1S/C8H21Si3.W/c1-9-6-10(2,3)8-11(4,5)7-9;/h6-8H2,1-5H3;. The van der Waals surface area contributed by atoms with Crippen LogP contribution in [0.3, 0.4) is 0 Å². The molecule has 1 rings (SSSR count). The summed E-state index contributed by atoms with van der Waals surface area (Å²) in [4.78, 5) is 0. The zero-order valence-corrected chi connectivity index (χ0v) is 15.0. The number of hydrogen-bond donors (Lipinski definition) is 0. The molecule has 12 heavy (non-hydrogen) atoms. The van der Waals surface area contributed by atoms with E-state index >= 15 is 0 Å². The molecule has 0 N–H and O–H groups in total. The molecule has 1 fully saturated rings. The van der Waals surface area contributed by atoms with Crippen molar-refractivity contribution in [2.24, 2.45) is 0 Å². The fourth-order valence-corrected chi connectivity index (χ4v) is 31.4. The Labute approximate surface area is 95.4 Å². The Morgan fingerprint density at radius 1 is 0.917 bits per heavy atom. The molecule has 4 heteroatoms. The van der Waals surface area contributed by atoms with Gasteiger partial charge in [-0.05, 0) is 0 Å². The van der Waals surface area contributed by atoms with Crippen molar-refractivity contribution in [2.45, 2.75) is 49.7 Å². The second-order valence-corrected chi connectivity index (χ2v) is 20.6. The van der Waals surface area contributed by atoms with E-state index in [1.165, 1.54) is 0 Å². The van der Waals surface area contributed by atoms with E-state index in [-0.39, 0.29) is 29.9 Å². The van der Waals surface area contributed by atoms with Crippen LogP contribution in [0.2, 0.25) is 49.7 Å². The van der Waals surface area contributed by atoms with Crippen molar-refractivity contribution in [1.82, 2.24) is 0 Å². The van der Waals surface area contributed by atoms with Gasteiger partial charge < -0.3 is 0 Å². The van der Waals surface area contributed by atoms with Gasteiger partial charge in [-0.1, -0.05) is 49.7 Å². The van der Waals surface area contributed by atoms with Gasteiger partial charge in [0.25, 0.3) is 0 Å². The summed E-state index contributed by atoms with van der Waals surface area (Å²) >= 11 is 0. The molecule has 0 bridgehead atoms. The van der Waals surface area contributed by atoms with Gasteiger partial charge in [-0.2, -0.15) is 0 Å². The predicted octanol–water partition coefficient (Wildman–Crippen LogP) is 3.16. The SMILES string of the molecule is C[Si]1C[Si](C)(C)C[Si](C)(C)C1.[W]. The Morgan fingerprint density at radius 3 is 1.50 bits per heavy atom. The minimum atomic E-state index is -0.682. The smallest absolute Gasteiger partial charge is 0.0419 e. The molecule has 0 aromatic rings. The minimum Gasteiger partial charge on any atom is -0.0715 e. The molecule has 0 nitrogen and oxygen atoms in total. The Hall–Kier alpha value is 1.34. The van der Waals surface area contributed by atoms with Crippen molar-refractivity contribution in [3.05, 3.63) is 0 Å². The summed E-state index contributed by atoms with van der Waals surface area (Å²) < 4.78 is 0. The van der Waals surface area contributed by atoms with Gasteiger partial charge in [-0.25, -0.2) is 0 Å². The molecule has 0 aliphatic carbocycles. The number of hydrogen-bond acceptors (Lipinski definition) is 0. The van der Waals surface area contributed by atoms with E-state index in [1.54, 1.807) is 17.0 Å². The van der Waals surface area contributed by atoms with Gasteiger partial charge in [0.2, 0.25) is 0 Å². The van der Waals surface area contributed by atoms with Crippen LogP contribution in [-0.4, -0.2) is 24.9 Å². The van der Waals surface area contributed by atoms with Crippen molar-refractivity contribution < 1.29 is 21.1 Å². The minimum absolute atomic E-state index is 0. The zero-order valence-electron chi connectivity index (χ0n) is 9.03. The Bertz CT molecular complexity index is 140. The van der Waals surface area contributed by atoms with E-state index in [9.17, 15) is 0 Å². The average molecular weight is 385 g/mol. The van der Waals surface area contributed by atoms with Crippen LogP contribution in [0.1, 0.15) is 0 Å². The van der Waals surface area contributed by atoms with Crippen molar-refractivity contribution in [2.75, 3.05) is 0 Å². The summed E-state index contributed by atoms with van der Waals surface area (Å²) in [6.07, 6.45) is 0. The molecule has 1 heterocycles. The molecule has 71 valence electrons. The number of rotatable bonds is 0. The maximum atomic E-state index is 2.61. The second kappa shape index (κ2) is 4.24. The molecule has 1 saturated heterocycles. The third-order valence-corrected chi connectivity index (χ3v) is 22.7. The van der Waals surface area contributed by atoms with Crippen LogP contribution in [-0.2, 0) is 21.1 Å². The summed E-state index contributed by atoms with van der Waals surface area (Å²) in [6, 6.07) is 0. The molecular formula is C8H21Si3W. The van der Waals surface area contributed by atoms with Crippen molar-refractivity contribution in [1.29, 1.82) is 0 Å². The summed E-state index contributed by atoms with van der Waals surface area (Å²) in [5, 5.41) is 0. The van der Waals surface area contributed by atoms with E-state index in [4.69, 9.17) is 0 Å². The average Bonchev–Trinajstić information content (AvgIpc) is 1.49. The van der Waals surface area contributed by atoms with Crippen LogP contribution >= 0.6 is 0 Å². The van der Waals surface area contributed by atoms with Crippen molar-refractivity contribution >= 4 is 24.9 Å². The summed E-state index contributed by atoms with van der Waals surface area (Å²) in [7, 11) is -1.25. The second-order valence-electron chi connectivity index (χ2n) is 5.82. The quantitative estimate of drug-likeness (QED) is 0.562. The molecule has 0 amide bonds. The fourth-order valence-electron chi connectivity index (χ4n) is 3.12. The van der Waals surface area contributed by atoms with Crippen LogP contribution < -0.4 is 0 Å². The predicted molar refractivity (Wildman–Crippen MR) is 61.0 cm³/mol. The summed E-state index contributed by atoms with van der Waals surface area (Å²) in [5.41, 5.74) is 5.07. The van der Waals surface area contributed by atoms with Crippen LogP contribution in [0.4, 0.5) is 0 Å². The van der Waals surface area contributed by atoms with E-state index in [0.717, 1.165) is 0 Å². The first-order chi connectivity index (χ1) is 4.81. The zero-order chi connectivity index (χ0) is 8.70. The Kier molecular flexibility index (Phi) is 4.72. The van der Waals surface area contributed by atoms with Crippen LogP contribution in [0.25, 0.3) is 0 Å². The molecule has 1 aliphatic heterocycles. The third-order valence-electron chi connectivity index (χ3n) is 2.52.